The summed E-state index contributed by atoms with van der Waals surface area (Å²) in [4.78, 5) is 12.1. The summed E-state index contributed by atoms with van der Waals surface area (Å²) in [6.07, 6.45) is 0. The van der Waals surface area contributed by atoms with Crippen molar-refractivity contribution in [3.05, 3.63) is 29.8 Å². The summed E-state index contributed by atoms with van der Waals surface area (Å²) in [5.41, 5.74) is 6.88. The SMILES string of the molecule is CC(C)C(C(=O)Nc1ccc(CO)cc1)/C(N)=N/O. The molecule has 0 fully saturated rings. The molecule has 0 aromatic heterocycles. The Morgan fingerprint density at radius 2 is 1.95 bits per heavy atom. The van der Waals surface area contributed by atoms with Crippen LogP contribution in [0.2, 0.25) is 0 Å². The monoisotopic (exact) mass is 265 g/mol. The number of carbonyl (C=O) groups excluding carboxylic acids is 1. The lowest BCUT2D eigenvalue weighted by molar-refractivity contribution is -0.119. The molecule has 1 unspecified atom stereocenters. The van der Waals surface area contributed by atoms with Gasteiger partial charge in [0, 0.05) is 5.69 Å². The van der Waals surface area contributed by atoms with Crippen molar-refractivity contribution < 1.29 is 15.1 Å². The van der Waals surface area contributed by atoms with E-state index >= 15 is 0 Å². The highest BCUT2D eigenvalue weighted by Crippen LogP contribution is 2.16. The molecule has 0 aliphatic carbocycles. The van der Waals surface area contributed by atoms with Gasteiger partial charge in [-0.25, -0.2) is 0 Å². The van der Waals surface area contributed by atoms with Crippen LogP contribution in [-0.2, 0) is 11.4 Å². The average Bonchev–Trinajstić information content (AvgIpc) is 2.39. The van der Waals surface area contributed by atoms with E-state index in [0.717, 1.165) is 5.56 Å². The number of aliphatic hydroxyl groups excluding tert-OH is 1. The number of aliphatic hydroxyl groups is 1. The van der Waals surface area contributed by atoms with Gasteiger partial charge >= 0.3 is 0 Å². The molecule has 0 spiro atoms. The molecule has 0 aliphatic rings. The smallest absolute Gasteiger partial charge is 0.235 e. The summed E-state index contributed by atoms with van der Waals surface area (Å²) < 4.78 is 0. The molecule has 0 bridgehead atoms. The van der Waals surface area contributed by atoms with E-state index in [1.54, 1.807) is 24.3 Å². The van der Waals surface area contributed by atoms with E-state index < -0.39 is 5.92 Å². The third kappa shape index (κ3) is 3.96. The van der Waals surface area contributed by atoms with Gasteiger partial charge < -0.3 is 21.4 Å². The van der Waals surface area contributed by atoms with E-state index in [1.807, 2.05) is 13.8 Å². The number of benzene rings is 1. The zero-order valence-corrected chi connectivity index (χ0v) is 11.0. The Morgan fingerprint density at radius 1 is 1.37 bits per heavy atom. The van der Waals surface area contributed by atoms with Gasteiger partial charge in [-0.05, 0) is 23.6 Å². The number of rotatable bonds is 5. The van der Waals surface area contributed by atoms with Crippen LogP contribution < -0.4 is 11.1 Å². The minimum absolute atomic E-state index is 0.0486. The second kappa shape index (κ2) is 6.75. The number of hydrogen-bond acceptors (Lipinski definition) is 4. The molecule has 0 saturated carbocycles. The molecule has 0 radical (unpaired) electrons. The van der Waals surface area contributed by atoms with Gasteiger partial charge in [-0.15, -0.1) is 0 Å². The van der Waals surface area contributed by atoms with Crippen LogP contribution in [0.5, 0.6) is 0 Å². The quantitative estimate of drug-likeness (QED) is 0.277. The zero-order chi connectivity index (χ0) is 14.4. The number of amides is 1. The van der Waals surface area contributed by atoms with Gasteiger partial charge in [-0.3, -0.25) is 4.79 Å². The van der Waals surface area contributed by atoms with E-state index in [1.165, 1.54) is 0 Å². The first-order valence-corrected chi connectivity index (χ1v) is 5.97. The molecule has 1 aromatic rings. The van der Waals surface area contributed by atoms with E-state index in [9.17, 15) is 4.79 Å². The van der Waals surface area contributed by atoms with Crippen LogP contribution in [0.25, 0.3) is 0 Å². The summed E-state index contributed by atoms with van der Waals surface area (Å²) in [6.45, 7) is 3.58. The maximum Gasteiger partial charge on any atom is 0.235 e. The van der Waals surface area contributed by atoms with E-state index in [4.69, 9.17) is 16.0 Å². The second-order valence-corrected chi connectivity index (χ2v) is 4.59. The van der Waals surface area contributed by atoms with Gasteiger partial charge in [0.05, 0.1) is 6.61 Å². The van der Waals surface area contributed by atoms with Crippen LogP contribution in [0, 0.1) is 11.8 Å². The third-order valence-corrected chi connectivity index (χ3v) is 2.79. The van der Waals surface area contributed by atoms with Crippen molar-refractivity contribution in [3.63, 3.8) is 0 Å². The number of nitrogens with two attached hydrogens (primary N) is 1. The molecular formula is C13H19N3O3. The Bertz CT molecular complexity index is 455. The van der Waals surface area contributed by atoms with Crippen LogP contribution in [0.1, 0.15) is 19.4 Å². The average molecular weight is 265 g/mol. The van der Waals surface area contributed by atoms with Crippen LogP contribution in [0.3, 0.4) is 0 Å². The Balaban J connectivity index is 2.81. The van der Waals surface area contributed by atoms with Gasteiger partial charge in [0.25, 0.3) is 0 Å². The molecule has 1 aromatic carbocycles. The second-order valence-electron chi connectivity index (χ2n) is 4.59. The van der Waals surface area contributed by atoms with Crippen molar-refractivity contribution in [2.45, 2.75) is 20.5 Å². The normalized spacial score (nSPS) is 13.4. The van der Waals surface area contributed by atoms with Crippen LogP contribution >= 0.6 is 0 Å². The molecule has 0 heterocycles. The minimum atomic E-state index is -0.692. The van der Waals surface area contributed by atoms with E-state index in [0.29, 0.717) is 5.69 Å². The van der Waals surface area contributed by atoms with Gasteiger partial charge in [-0.2, -0.15) is 0 Å². The summed E-state index contributed by atoms with van der Waals surface area (Å²) in [7, 11) is 0. The number of carbonyl (C=O) groups is 1. The topological polar surface area (TPSA) is 108 Å². The fourth-order valence-corrected chi connectivity index (χ4v) is 1.75. The highest BCUT2D eigenvalue weighted by atomic mass is 16.4. The van der Waals surface area contributed by atoms with Gasteiger partial charge in [-0.1, -0.05) is 31.1 Å². The molecule has 1 atom stereocenters. The zero-order valence-electron chi connectivity index (χ0n) is 11.0. The van der Waals surface area contributed by atoms with Crippen molar-refractivity contribution in [3.8, 4) is 0 Å². The minimum Gasteiger partial charge on any atom is -0.409 e. The maximum atomic E-state index is 12.1. The molecular weight excluding hydrogens is 246 g/mol. The number of nitrogens with one attached hydrogen (secondary N) is 1. The molecule has 5 N–H and O–H groups in total. The lowest BCUT2D eigenvalue weighted by Crippen LogP contribution is -2.38. The summed E-state index contributed by atoms with van der Waals surface area (Å²) in [6, 6.07) is 6.80. The van der Waals surface area contributed by atoms with Gasteiger partial charge in [0.15, 0.2) is 5.84 Å². The van der Waals surface area contributed by atoms with Crippen LogP contribution in [0.15, 0.2) is 29.4 Å². The lowest BCUT2D eigenvalue weighted by Gasteiger charge is -2.18. The van der Waals surface area contributed by atoms with Crippen LogP contribution in [0.4, 0.5) is 5.69 Å². The Hall–Kier alpha value is -2.08. The number of oxime groups is 1. The van der Waals surface area contributed by atoms with Crippen LogP contribution in [-0.4, -0.2) is 22.1 Å². The number of nitrogens with zero attached hydrogens (tertiary/aromatic N) is 1. The molecule has 6 heteroatoms. The first-order chi connectivity index (χ1) is 8.99. The molecule has 104 valence electrons. The first-order valence-electron chi connectivity index (χ1n) is 5.97. The fraction of sp³-hybridized carbons (Fsp3) is 0.385. The molecule has 6 nitrogen and oxygen atoms in total. The summed E-state index contributed by atoms with van der Waals surface area (Å²) in [5, 5.41) is 23.2. The maximum absolute atomic E-state index is 12.1. The van der Waals surface area contributed by atoms with Gasteiger partial charge in [0.2, 0.25) is 5.91 Å². The van der Waals surface area contributed by atoms with Crippen molar-refractivity contribution >= 4 is 17.4 Å². The molecule has 19 heavy (non-hydrogen) atoms. The van der Waals surface area contributed by atoms with E-state index in [2.05, 4.69) is 10.5 Å². The predicted molar refractivity (Wildman–Crippen MR) is 72.7 cm³/mol. The van der Waals surface area contributed by atoms with Gasteiger partial charge in [0.1, 0.15) is 5.92 Å². The number of amidine groups is 1. The number of anilines is 1. The Labute approximate surface area is 111 Å². The highest BCUT2D eigenvalue weighted by molar-refractivity contribution is 6.07. The first kappa shape index (κ1) is 15.0. The van der Waals surface area contributed by atoms with Crippen molar-refractivity contribution in [1.82, 2.24) is 0 Å². The largest absolute Gasteiger partial charge is 0.409 e. The number of hydrogen-bond donors (Lipinski definition) is 4. The Morgan fingerprint density at radius 3 is 2.37 bits per heavy atom. The predicted octanol–water partition coefficient (Wildman–Crippen LogP) is 1.14. The summed E-state index contributed by atoms with van der Waals surface area (Å²) >= 11 is 0. The van der Waals surface area contributed by atoms with Crippen molar-refractivity contribution in [1.29, 1.82) is 0 Å². The lowest BCUT2D eigenvalue weighted by atomic mass is 9.93. The standard InChI is InChI=1S/C13H19N3O3/c1-8(2)11(12(14)16-19)13(18)15-10-5-3-9(7-17)4-6-10/h3-6,8,11,17,19H,7H2,1-2H3,(H2,14,16)(H,15,18). The fourth-order valence-electron chi connectivity index (χ4n) is 1.75. The molecule has 1 amide bonds. The molecule has 0 saturated heterocycles. The summed E-state index contributed by atoms with van der Waals surface area (Å²) in [5.74, 6) is -1.23. The molecule has 0 aliphatic heterocycles. The third-order valence-electron chi connectivity index (χ3n) is 2.79. The van der Waals surface area contributed by atoms with Crippen molar-refractivity contribution in [2.75, 3.05) is 5.32 Å². The van der Waals surface area contributed by atoms with Crippen molar-refractivity contribution in [2.24, 2.45) is 22.7 Å². The van der Waals surface area contributed by atoms with E-state index in [-0.39, 0.29) is 24.3 Å². The highest BCUT2D eigenvalue weighted by Gasteiger charge is 2.26. The molecule has 1 rings (SSSR count). The Kier molecular flexibility index (Phi) is 5.32.